The topological polar surface area (TPSA) is 86.3 Å². The molecule has 1 atom stereocenters. The molecule has 0 saturated carbocycles. The molecule has 1 unspecified atom stereocenters. The third kappa shape index (κ3) is 2.27. The molecule has 0 spiro atoms. The molecule has 1 aromatic heterocycles. The minimum Gasteiger partial charge on any atom is -0.462 e. The molecule has 0 fully saturated rings. The zero-order valence-corrected chi connectivity index (χ0v) is 11.8. The van der Waals surface area contributed by atoms with Gasteiger partial charge in [0.25, 0.3) is 5.91 Å². The molecule has 21 heavy (non-hydrogen) atoms. The van der Waals surface area contributed by atoms with Crippen molar-refractivity contribution >= 4 is 22.8 Å². The summed E-state index contributed by atoms with van der Waals surface area (Å²) in [5, 5.41) is 3.79. The van der Waals surface area contributed by atoms with E-state index in [-0.39, 0.29) is 17.9 Å². The number of nitrogens with zero attached hydrogens (tertiary/aromatic N) is 1. The van der Waals surface area contributed by atoms with Crippen LogP contribution in [0.4, 0.5) is 0 Å². The van der Waals surface area contributed by atoms with Crippen LogP contribution >= 0.6 is 0 Å². The molecule has 1 aromatic carbocycles. The Morgan fingerprint density at radius 3 is 3.00 bits per heavy atom. The summed E-state index contributed by atoms with van der Waals surface area (Å²) in [5.41, 5.74) is 7.58. The Morgan fingerprint density at radius 1 is 1.48 bits per heavy atom. The first-order valence-corrected chi connectivity index (χ1v) is 6.95. The molecule has 3 rings (SSSR count). The molecular weight excluding hydrogens is 270 g/mol. The summed E-state index contributed by atoms with van der Waals surface area (Å²) < 4.78 is 6.92. The molecule has 110 valence electrons. The van der Waals surface area contributed by atoms with E-state index >= 15 is 0 Å². The number of hydrogen-bond acceptors (Lipinski definition) is 4. The van der Waals surface area contributed by atoms with Crippen LogP contribution in [0, 0.1) is 0 Å². The number of carbonyl (C=O) groups is 2. The average molecular weight is 287 g/mol. The SMILES string of the molecule is CCOC(=O)c1ccc2cc3n(c2c1)CC(CN)NC3=O. The number of hydrogen-bond donors (Lipinski definition) is 2. The van der Waals surface area contributed by atoms with Gasteiger partial charge in [-0.25, -0.2) is 4.79 Å². The van der Waals surface area contributed by atoms with Gasteiger partial charge in [0.05, 0.1) is 18.2 Å². The first kappa shape index (κ1) is 13.6. The predicted molar refractivity (Wildman–Crippen MR) is 78.2 cm³/mol. The Kier molecular flexibility index (Phi) is 3.39. The van der Waals surface area contributed by atoms with E-state index in [2.05, 4.69) is 5.32 Å². The lowest BCUT2D eigenvalue weighted by molar-refractivity contribution is 0.0526. The maximum Gasteiger partial charge on any atom is 0.338 e. The number of carbonyl (C=O) groups excluding carboxylic acids is 2. The van der Waals surface area contributed by atoms with Gasteiger partial charge in [-0.2, -0.15) is 0 Å². The zero-order chi connectivity index (χ0) is 15.0. The van der Waals surface area contributed by atoms with Gasteiger partial charge in [-0.15, -0.1) is 0 Å². The van der Waals surface area contributed by atoms with Crippen molar-refractivity contribution in [2.45, 2.75) is 19.5 Å². The Bertz CT molecular complexity index is 720. The van der Waals surface area contributed by atoms with Crippen LogP contribution in [0.2, 0.25) is 0 Å². The average Bonchev–Trinajstić information content (AvgIpc) is 2.86. The van der Waals surface area contributed by atoms with E-state index < -0.39 is 0 Å². The van der Waals surface area contributed by atoms with Crippen molar-refractivity contribution in [3.05, 3.63) is 35.5 Å². The second-order valence-corrected chi connectivity index (χ2v) is 5.04. The van der Waals surface area contributed by atoms with Crippen LogP contribution in [0.25, 0.3) is 10.9 Å². The molecule has 1 amide bonds. The molecule has 0 bridgehead atoms. The number of benzene rings is 1. The number of nitrogens with one attached hydrogen (secondary N) is 1. The van der Waals surface area contributed by atoms with E-state index in [1.165, 1.54) is 0 Å². The highest BCUT2D eigenvalue weighted by Gasteiger charge is 2.25. The molecule has 2 aromatic rings. The van der Waals surface area contributed by atoms with E-state index in [0.717, 1.165) is 10.9 Å². The minimum absolute atomic E-state index is 0.0909. The second kappa shape index (κ2) is 5.21. The molecule has 3 N–H and O–H groups in total. The molecule has 1 aliphatic rings. The Hall–Kier alpha value is -2.34. The number of nitrogens with two attached hydrogens (primary N) is 1. The monoisotopic (exact) mass is 287 g/mol. The fourth-order valence-corrected chi connectivity index (χ4v) is 2.64. The van der Waals surface area contributed by atoms with Gasteiger partial charge in [-0.05, 0) is 25.1 Å². The molecule has 0 saturated heterocycles. The van der Waals surface area contributed by atoms with Crippen LogP contribution < -0.4 is 11.1 Å². The quantitative estimate of drug-likeness (QED) is 0.821. The van der Waals surface area contributed by atoms with E-state index in [4.69, 9.17) is 10.5 Å². The highest BCUT2D eigenvalue weighted by atomic mass is 16.5. The largest absolute Gasteiger partial charge is 0.462 e. The van der Waals surface area contributed by atoms with Crippen LogP contribution in [0.15, 0.2) is 24.3 Å². The maximum absolute atomic E-state index is 12.1. The van der Waals surface area contributed by atoms with Crippen LogP contribution in [-0.2, 0) is 11.3 Å². The first-order valence-electron chi connectivity index (χ1n) is 6.95. The van der Waals surface area contributed by atoms with E-state index in [9.17, 15) is 9.59 Å². The van der Waals surface area contributed by atoms with Gasteiger partial charge in [0.2, 0.25) is 0 Å². The third-order valence-electron chi connectivity index (χ3n) is 3.67. The van der Waals surface area contributed by atoms with Gasteiger partial charge in [0.1, 0.15) is 5.69 Å². The smallest absolute Gasteiger partial charge is 0.338 e. The van der Waals surface area contributed by atoms with Gasteiger partial charge >= 0.3 is 5.97 Å². The number of ether oxygens (including phenoxy) is 1. The molecule has 6 heteroatoms. The van der Waals surface area contributed by atoms with Gasteiger partial charge in [-0.3, -0.25) is 4.79 Å². The van der Waals surface area contributed by atoms with Crippen LogP contribution in [0.3, 0.4) is 0 Å². The lowest BCUT2D eigenvalue weighted by Crippen LogP contribution is -2.47. The Balaban J connectivity index is 2.09. The summed E-state index contributed by atoms with van der Waals surface area (Å²) in [4.78, 5) is 23.9. The summed E-state index contributed by atoms with van der Waals surface area (Å²) >= 11 is 0. The number of amides is 1. The number of fused-ring (bicyclic) bond motifs is 3. The van der Waals surface area contributed by atoms with E-state index in [1.54, 1.807) is 19.1 Å². The molecule has 2 heterocycles. The fourth-order valence-electron chi connectivity index (χ4n) is 2.64. The van der Waals surface area contributed by atoms with Crippen molar-refractivity contribution in [1.82, 2.24) is 9.88 Å². The molecule has 0 radical (unpaired) electrons. The molecule has 1 aliphatic heterocycles. The van der Waals surface area contributed by atoms with Gasteiger partial charge < -0.3 is 20.4 Å². The first-order chi connectivity index (χ1) is 10.1. The standard InChI is InChI=1S/C15H17N3O3/c1-2-21-15(20)10-4-3-9-5-13-14(19)17-11(7-16)8-18(13)12(9)6-10/h3-6,11H,2,7-8,16H2,1H3,(H,17,19). The lowest BCUT2D eigenvalue weighted by atomic mass is 10.1. The summed E-state index contributed by atoms with van der Waals surface area (Å²) in [6, 6.07) is 7.05. The Labute approximate surface area is 121 Å². The predicted octanol–water partition coefficient (Wildman–Crippen LogP) is 0.889. The van der Waals surface area contributed by atoms with Gasteiger partial charge in [0, 0.05) is 24.0 Å². The van der Waals surface area contributed by atoms with E-state index in [1.807, 2.05) is 16.7 Å². The van der Waals surface area contributed by atoms with Crippen molar-refractivity contribution in [1.29, 1.82) is 0 Å². The molecular formula is C15H17N3O3. The van der Waals surface area contributed by atoms with Crippen LogP contribution in [0.5, 0.6) is 0 Å². The highest BCUT2D eigenvalue weighted by Crippen LogP contribution is 2.24. The Morgan fingerprint density at radius 2 is 2.29 bits per heavy atom. The van der Waals surface area contributed by atoms with Crippen molar-refractivity contribution in [2.75, 3.05) is 13.2 Å². The molecule has 6 nitrogen and oxygen atoms in total. The van der Waals surface area contributed by atoms with Crippen molar-refractivity contribution in [3.63, 3.8) is 0 Å². The summed E-state index contributed by atoms with van der Waals surface area (Å²) in [7, 11) is 0. The van der Waals surface area contributed by atoms with Gasteiger partial charge in [-0.1, -0.05) is 6.07 Å². The number of rotatable bonds is 3. The minimum atomic E-state index is -0.356. The summed E-state index contributed by atoms with van der Waals surface area (Å²) in [5.74, 6) is -0.490. The lowest BCUT2D eigenvalue weighted by Gasteiger charge is -2.25. The van der Waals surface area contributed by atoms with Crippen molar-refractivity contribution in [2.24, 2.45) is 5.73 Å². The van der Waals surface area contributed by atoms with Crippen LogP contribution in [-0.4, -0.2) is 35.6 Å². The maximum atomic E-state index is 12.1. The number of aromatic nitrogens is 1. The second-order valence-electron chi connectivity index (χ2n) is 5.04. The fraction of sp³-hybridized carbons (Fsp3) is 0.333. The summed E-state index contributed by atoms with van der Waals surface area (Å²) in [6.45, 7) is 3.09. The van der Waals surface area contributed by atoms with E-state index in [0.29, 0.717) is 31.0 Å². The highest BCUT2D eigenvalue weighted by molar-refractivity contribution is 6.01. The summed E-state index contributed by atoms with van der Waals surface area (Å²) in [6.07, 6.45) is 0. The zero-order valence-electron chi connectivity index (χ0n) is 11.8. The van der Waals surface area contributed by atoms with Gasteiger partial charge in [0.15, 0.2) is 0 Å². The van der Waals surface area contributed by atoms with Crippen molar-refractivity contribution in [3.8, 4) is 0 Å². The third-order valence-corrected chi connectivity index (χ3v) is 3.67. The number of esters is 1. The molecule has 0 aliphatic carbocycles. The normalized spacial score (nSPS) is 17.4. The van der Waals surface area contributed by atoms with Crippen LogP contribution in [0.1, 0.15) is 27.8 Å². The van der Waals surface area contributed by atoms with Crippen molar-refractivity contribution < 1.29 is 14.3 Å².